The fourth-order valence-electron chi connectivity index (χ4n) is 4.57. The third-order valence-electron chi connectivity index (χ3n) is 5.83. The number of carbonyl (C=O) groups is 2. The first-order valence-corrected chi connectivity index (χ1v) is 9.88. The number of hydrogen-bond donors (Lipinski definition) is 2. The van der Waals surface area contributed by atoms with Gasteiger partial charge in [0.15, 0.2) is 0 Å². The summed E-state index contributed by atoms with van der Waals surface area (Å²) in [6.07, 6.45) is -0.523. The molecule has 0 aliphatic heterocycles. The minimum Gasteiger partial charge on any atom is -0.444 e. The number of amides is 2. The number of alkyl carbamates (subject to hydrolysis) is 1. The highest BCUT2D eigenvalue weighted by Gasteiger charge is 2.70. The number of rotatable bonds is 5. The zero-order valence-corrected chi connectivity index (χ0v) is 17.0. The monoisotopic (exact) mass is 430 g/mol. The van der Waals surface area contributed by atoms with Crippen molar-refractivity contribution in [2.75, 3.05) is 0 Å². The fraction of sp³-hybridized carbons (Fsp3) is 0.737. The lowest BCUT2D eigenvalue weighted by Crippen LogP contribution is -2.79. The average Bonchev–Trinajstić information content (AvgIpc) is 2.93. The molecule has 30 heavy (non-hydrogen) atoms. The summed E-state index contributed by atoms with van der Waals surface area (Å²) in [5, 5.41) is 9.92. The number of ether oxygens (including phenoxy) is 2. The Kier molecular flexibility index (Phi) is 4.61. The van der Waals surface area contributed by atoms with Gasteiger partial charge in [0.2, 0.25) is 0 Å². The molecule has 4 aliphatic carbocycles. The standard InChI is InChI=1S/C19H25F3N4O4/c1-16(2,3)30-15(28)25-17-8-18(9-17,10-17)26-7-11(6-23-26)14(27)24-12-4-13(5-12)29-19(20,21)22/h6-7,12-13H,4-5,8-10H2,1-3H3,(H,24,27)(H,25,28)/t12-,13+,17?,18?. The molecule has 5 rings (SSSR count). The fourth-order valence-corrected chi connectivity index (χ4v) is 4.57. The molecule has 0 spiro atoms. The first kappa shape index (κ1) is 21.0. The minimum absolute atomic E-state index is 0.127. The van der Waals surface area contributed by atoms with E-state index in [-0.39, 0.29) is 35.9 Å². The molecule has 1 aromatic heterocycles. The van der Waals surface area contributed by atoms with Crippen LogP contribution in [-0.4, -0.2) is 51.4 Å². The molecule has 4 saturated carbocycles. The lowest BCUT2D eigenvalue weighted by atomic mass is 9.44. The van der Waals surface area contributed by atoms with Gasteiger partial charge in [-0.1, -0.05) is 0 Å². The minimum atomic E-state index is -4.65. The number of nitrogens with one attached hydrogen (secondary N) is 2. The van der Waals surface area contributed by atoms with Gasteiger partial charge in [-0.2, -0.15) is 5.10 Å². The van der Waals surface area contributed by atoms with Crippen molar-refractivity contribution < 1.29 is 32.2 Å². The molecule has 4 aliphatic rings. The molecule has 1 heterocycles. The van der Waals surface area contributed by atoms with Gasteiger partial charge in [-0.15, -0.1) is 13.2 Å². The molecule has 0 saturated heterocycles. The van der Waals surface area contributed by atoms with Crippen molar-refractivity contribution in [2.24, 2.45) is 0 Å². The Labute approximate surface area is 171 Å². The van der Waals surface area contributed by atoms with Crippen LogP contribution < -0.4 is 10.6 Å². The molecule has 8 nitrogen and oxygen atoms in total. The molecule has 0 unspecified atom stereocenters. The number of alkyl halides is 3. The maximum Gasteiger partial charge on any atom is 0.522 e. The molecule has 2 amide bonds. The number of halogens is 3. The van der Waals surface area contributed by atoms with E-state index in [0.29, 0.717) is 24.8 Å². The molecule has 0 atom stereocenters. The van der Waals surface area contributed by atoms with Crippen molar-refractivity contribution in [3.05, 3.63) is 18.0 Å². The van der Waals surface area contributed by atoms with Crippen LogP contribution in [0.3, 0.4) is 0 Å². The molecule has 166 valence electrons. The molecule has 4 fully saturated rings. The first-order chi connectivity index (χ1) is 13.8. The Balaban J connectivity index is 1.24. The van der Waals surface area contributed by atoms with Crippen LogP contribution in [0.25, 0.3) is 0 Å². The van der Waals surface area contributed by atoms with Crippen molar-refractivity contribution in [2.45, 2.75) is 88.1 Å². The van der Waals surface area contributed by atoms with E-state index in [1.54, 1.807) is 31.6 Å². The summed E-state index contributed by atoms with van der Waals surface area (Å²) in [5.74, 6) is -0.370. The van der Waals surface area contributed by atoms with Gasteiger partial charge >= 0.3 is 12.5 Å². The predicted octanol–water partition coefficient (Wildman–Crippen LogP) is 2.84. The van der Waals surface area contributed by atoms with Crippen LogP contribution in [0.5, 0.6) is 0 Å². The van der Waals surface area contributed by atoms with Crippen LogP contribution in [0.2, 0.25) is 0 Å². The molecule has 0 radical (unpaired) electrons. The molecular weight excluding hydrogens is 405 g/mol. The summed E-state index contributed by atoms with van der Waals surface area (Å²) in [6, 6.07) is -0.343. The van der Waals surface area contributed by atoms with Crippen LogP contribution in [0.4, 0.5) is 18.0 Å². The van der Waals surface area contributed by atoms with E-state index in [1.807, 2.05) is 0 Å². The second-order valence-electron chi connectivity index (χ2n) is 9.66. The summed E-state index contributed by atoms with van der Waals surface area (Å²) >= 11 is 0. The van der Waals surface area contributed by atoms with Gasteiger partial charge in [-0.25, -0.2) is 4.79 Å². The molecule has 11 heteroatoms. The predicted molar refractivity (Wildman–Crippen MR) is 97.6 cm³/mol. The van der Waals surface area contributed by atoms with E-state index in [2.05, 4.69) is 20.5 Å². The van der Waals surface area contributed by atoms with E-state index >= 15 is 0 Å². The molecular formula is C19H25F3N4O4. The van der Waals surface area contributed by atoms with E-state index in [0.717, 1.165) is 0 Å². The summed E-state index contributed by atoms with van der Waals surface area (Å²) in [7, 11) is 0. The van der Waals surface area contributed by atoms with Gasteiger partial charge in [0, 0.05) is 12.2 Å². The number of nitrogens with zero attached hydrogens (tertiary/aromatic N) is 2. The van der Waals surface area contributed by atoms with Crippen molar-refractivity contribution in [1.82, 2.24) is 20.4 Å². The molecule has 1 aromatic rings. The Morgan fingerprint density at radius 1 is 1.20 bits per heavy atom. The van der Waals surface area contributed by atoms with E-state index in [9.17, 15) is 22.8 Å². The zero-order valence-electron chi connectivity index (χ0n) is 17.0. The quantitative estimate of drug-likeness (QED) is 0.749. The van der Waals surface area contributed by atoms with Gasteiger partial charge in [-0.05, 0) is 52.9 Å². The Bertz CT molecular complexity index is 835. The zero-order chi connectivity index (χ0) is 21.9. The second-order valence-corrected chi connectivity index (χ2v) is 9.66. The van der Waals surface area contributed by atoms with Crippen LogP contribution in [0, 0.1) is 0 Å². The number of carbonyl (C=O) groups excluding carboxylic acids is 2. The largest absolute Gasteiger partial charge is 0.522 e. The van der Waals surface area contributed by atoms with Gasteiger partial charge in [0.05, 0.1) is 28.9 Å². The third-order valence-corrected chi connectivity index (χ3v) is 5.83. The van der Waals surface area contributed by atoms with Crippen molar-refractivity contribution in [3.8, 4) is 0 Å². The first-order valence-electron chi connectivity index (χ1n) is 9.88. The Morgan fingerprint density at radius 2 is 1.83 bits per heavy atom. The topological polar surface area (TPSA) is 94.5 Å². The van der Waals surface area contributed by atoms with Gasteiger partial charge in [-0.3, -0.25) is 14.2 Å². The smallest absolute Gasteiger partial charge is 0.444 e. The molecule has 0 aromatic carbocycles. The molecule has 2 N–H and O–H groups in total. The normalized spacial score (nSPS) is 32.3. The maximum atomic E-state index is 12.3. The highest BCUT2D eigenvalue weighted by Crippen LogP contribution is 2.65. The lowest BCUT2D eigenvalue weighted by molar-refractivity contribution is -0.351. The van der Waals surface area contributed by atoms with Crippen molar-refractivity contribution >= 4 is 12.0 Å². The second kappa shape index (κ2) is 6.60. The van der Waals surface area contributed by atoms with Crippen molar-refractivity contribution in [3.63, 3.8) is 0 Å². The highest BCUT2D eigenvalue weighted by molar-refractivity contribution is 5.94. The van der Waals surface area contributed by atoms with E-state index < -0.39 is 24.2 Å². The average molecular weight is 430 g/mol. The summed E-state index contributed by atoms with van der Waals surface area (Å²) in [5.41, 5.74) is -0.699. The van der Waals surface area contributed by atoms with Crippen LogP contribution in [0.1, 0.15) is 63.2 Å². The summed E-state index contributed by atoms with van der Waals surface area (Å²) < 4.78 is 47.4. The van der Waals surface area contributed by atoms with E-state index in [1.165, 1.54) is 6.20 Å². The van der Waals surface area contributed by atoms with Gasteiger partial charge < -0.3 is 15.4 Å². The van der Waals surface area contributed by atoms with Crippen LogP contribution in [-0.2, 0) is 15.0 Å². The Morgan fingerprint density at radius 3 is 2.40 bits per heavy atom. The lowest BCUT2D eigenvalue weighted by Gasteiger charge is -2.69. The highest BCUT2D eigenvalue weighted by atomic mass is 19.4. The van der Waals surface area contributed by atoms with Crippen LogP contribution >= 0.6 is 0 Å². The SMILES string of the molecule is CC(C)(C)OC(=O)NC12CC(n3cc(C(=O)N[C@H]4C[C@@H](OC(F)(F)F)C4)cn3)(C1)C2. The summed E-state index contributed by atoms with van der Waals surface area (Å²) in [6.45, 7) is 5.42. The Hall–Kier alpha value is -2.30. The van der Waals surface area contributed by atoms with Gasteiger partial charge in [0.1, 0.15) is 5.60 Å². The molecule has 2 bridgehead atoms. The van der Waals surface area contributed by atoms with E-state index in [4.69, 9.17) is 4.74 Å². The number of aromatic nitrogens is 2. The van der Waals surface area contributed by atoms with Gasteiger partial charge in [0.25, 0.3) is 5.91 Å². The summed E-state index contributed by atoms with van der Waals surface area (Å²) in [4.78, 5) is 24.3. The van der Waals surface area contributed by atoms with Crippen LogP contribution in [0.15, 0.2) is 12.4 Å². The number of hydrogen-bond acceptors (Lipinski definition) is 5. The third kappa shape index (κ3) is 4.12. The van der Waals surface area contributed by atoms with Crippen molar-refractivity contribution in [1.29, 1.82) is 0 Å². The maximum absolute atomic E-state index is 12.3.